The first-order valence-corrected chi connectivity index (χ1v) is 4.76. The van der Waals surface area contributed by atoms with Crippen molar-refractivity contribution in [3.8, 4) is 0 Å². The summed E-state index contributed by atoms with van der Waals surface area (Å²) in [6.07, 6.45) is 1.62. The van der Waals surface area contributed by atoms with Crippen LogP contribution in [0.2, 0.25) is 0 Å². The summed E-state index contributed by atoms with van der Waals surface area (Å²) in [6.45, 7) is 1.65. The van der Waals surface area contributed by atoms with Crippen molar-refractivity contribution in [2.24, 2.45) is 0 Å². The predicted octanol–water partition coefficient (Wildman–Crippen LogP) is 0.354. The van der Waals surface area contributed by atoms with Crippen LogP contribution < -0.4 is 10.6 Å². The number of carboxylic acids is 1. The van der Waals surface area contributed by atoms with Crippen LogP contribution in [-0.2, 0) is 11.3 Å². The van der Waals surface area contributed by atoms with Crippen molar-refractivity contribution in [3.63, 3.8) is 0 Å². The summed E-state index contributed by atoms with van der Waals surface area (Å²) in [5.41, 5.74) is 0.709. The Labute approximate surface area is 92.7 Å². The fourth-order valence-corrected chi connectivity index (χ4v) is 0.983. The van der Waals surface area contributed by atoms with Crippen molar-refractivity contribution in [1.82, 2.24) is 15.6 Å². The standard InChI is InChI=1S/C10H13N3O3/c1-7(9(14)15)13-10(16)12-6-8-4-2-3-5-11-8/h2-5,7H,6H2,1H3,(H,14,15)(H2,12,13,16)/t7-/m0/s1. The van der Waals surface area contributed by atoms with E-state index in [0.29, 0.717) is 5.69 Å². The highest BCUT2D eigenvalue weighted by Gasteiger charge is 2.13. The van der Waals surface area contributed by atoms with Crippen molar-refractivity contribution in [2.75, 3.05) is 0 Å². The van der Waals surface area contributed by atoms with E-state index in [1.807, 2.05) is 6.07 Å². The average molecular weight is 223 g/mol. The Hall–Kier alpha value is -2.11. The van der Waals surface area contributed by atoms with Crippen molar-refractivity contribution in [3.05, 3.63) is 30.1 Å². The lowest BCUT2D eigenvalue weighted by molar-refractivity contribution is -0.138. The van der Waals surface area contributed by atoms with E-state index in [1.165, 1.54) is 6.92 Å². The van der Waals surface area contributed by atoms with Gasteiger partial charge in [-0.25, -0.2) is 4.79 Å². The first-order valence-electron chi connectivity index (χ1n) is 4.76. The van der Waals surface area contributed by atoms with E-state index < -0.39 is 18.0 Å². The Morgan fingerprint density at radius 2 is 2.25 bits per heavy atom. The molecular weight excluding hydrogens is 210 g/mol. The lowest BCUT2D eigenvalue weighted by Crippen LogP contribution is -2.44. The predicted molar refractivity (Wildman–Crippen MR) is 56.7 cm³/mol. The highest BCUT2D eigenvalue weighted by atomic mass is 16.4. The van der Waals surface area contributed by atoms with Crippen LogP contribution in [0.5, 0.6) is 0 Å². The minimum absolute atomic E-state index is 0.263. The average Bonchev–Trinajstić information content (AvgIpc) is 2.27. The van der Waals surface area contributed by atoms with Gasteiger partial charge in [-0.3, -0.25) is 9.78 Å². The van der Waals surface area contributed by atoms with E-state index in [1.54, 1.807) is 18.3 Å². The van der Waals surface area contributed by atoms with Crippen LogP contribution in [0.1, 0.15) is 12.6 Å². The maximum atomic E-state index is 11.2. The van der Waals surface area contributed by atoms with Gasteiger partial charge in [0.15, 0.2) is 0 Å². The molecule has 0 aliphatic rings. The fraction of sp³-hybridized carbons (Fsp3) is 0.300. The molecule has 0 aliphatic heterocycles. The maximum Gasteiger partial charge on any atom is 0.325 e. The maximum absolute atomic E-state index is 11.2. The highest BCUT2D eigenvalue weighted by molar-refractivity contribution is 5.82. The van der Waals surface area contributed by atoms with E-state index in [9.17, 15) is 9.59 Å². The molecule has 1 aromatic rings. The molecule has 1 rings (SSSR count). The van der Waals surface area contributed by atoms with E-state index in [-0.39, 0.29) is 6.54 Å². The van der Waals surface area contributed by atoms with E-state index in [2.05, 4.69) is 15.6 Å². The number of carbonyl (C=O) groups is 2. The molecular formula is C10H13N3O3. The molecule has 0 aliphatic carbocycles. The number of nitrogens with one attached hydrogen (secondary N) is 2. The lowest BCUT2D eigenvalue weighted by Gasteiger charge is -2.10. The second-order valence-corrected chi connectivity index (χ2v) is 3.21. The Bertz CT molecular complexity index is 367. The molecule has 1 heterocycles. The molecule has 0 saturated carbocycles. The molecule has 0 radical (unpaired) electrons. The van der Waals surface area contributed by atoms with Crippen LogP contribution in [0, 0.1) is 0 Å². The van der Waals surface area contributed by atoms with Gasteiger partial charge in [0.05, 0.1) is 12.2 Å². The van der Waals surface area contributed by atoms with Crippen LogP contribution in [0.15, 0.2) is 24.4 Å². The van der Waals surface area contributed by atoms with Gasteiger partial charge in [-0.05, 0) is 19.1 Å². The number of carboxylic acid groups (broad SMARTS) is 1. The monoisotopic (exact) mass is 223 g/mol. The summed E-state index contributed by atoms with van der Waals surface area (Å²) in [5.74, 6) is -1.08. The largest absolute Gasteiger partial charge is 0.480 e. The Kier molecular flexibility index (Phi) is 4.26. The molecule has 3 N–H and O–H groups in total. The number of pyridine rings is 1. The zero-order chi connectivity index (χ0) is 12.0. The smallest absolute Gasteiger partial charge is 0.325 e. The topological polar surface area (TPSA) is 91.3 Å². The van der Waals surface area contributed by atoms with Gasteiger partial charge >= 0.3 is 12.0 Å². The Morgan fingerprint density at radius 3 is 2.81 bits per heavy atom. The summed E-state index contributed by atoms with van der Waals surface area (Å²) in [7, 11) is 0. The van der Waals surface area contributed by atoms with Crippen molar-refractivity contribution in [2.45, 2.75) is 19.5 Å². The van der Waals surface area contributed by atoms with Crippen molar-refractivity contribution < 1.29 is 14.7 Å². The molecule has 0 aromatic carbocycles. The van der Waals surface area contributed by atoms with Gasteiger partial charge in [-0.2, -0.15) is 0 Å². The molecule has 6 heteroatoms. The third kappa shape index (κ3) is 3.95. The summed E-state index contributed by atoms with van der Waals surface area (Å²) in [5, 5.41) is 13.3. The molecule has 0 fully saturated rings. The zero-order valence-corrected chi connectivity index (χ0v) is 8.80. The summed E-state index contributed by atoms with van der Waals surface area (Å²) >= 11 is 0. The van der Waals surface area contributed by atoms with Crippen LogP contribution in [0.4, 0.5) is 4.79 Å². The third-order valence-corrected chi connectivity index (χ3v) is 1.87. The summed E-state index contributed by atoms with van der Waals surface area (Å²) < 4.78 is 0. The minimum Gasteiger partial charge on any atom is -0.480 e. The minimum atomic E-state index is -1.08. The summed E-state index contributed by atoms with van der Waals surface area (Å²) in [4.78, 5) is 25.7. The molecule has 86 valence electrons. The second kappa shape index (κ2) is 5.69. The molecule has 1 atom stereocenters. The van der Waals surface area contributed by atoms with Gasteiger partial charge in [0, 0.05) is 6.20 Å². The second-order valence-electron chi connectivity index (χ2n) is 3.21. The number of amides is 2. The lowest BCUT2D eigenvalue weighted by atomic mass is 10.3. The van der Waals surface area contributed by atoms with Gasteiger partial charge in [0.2, 0.25) is 0 Å². The van der Waals surface area contributed by atoms with Crippen molar-refractivity contribution >= 4 is 12.0 Å². The van der Waals surface area contributed by atoms with Crippen LogP contribution in [0.25, 0.3) is 0 Å². The zero-order valence-electron chi connectivity index (χ0n) is 8.80. The molecule has 0 unspecified atom stereocenters. The molecule has 1 aromatic heterocycles. The number of urea groups is 1. The molecule has 0 saturated heterocycles. The molecule has 2 amide bonds. The highest BCUT2D eigenvalue weighted by Crippen LogP contribution is 1.91. The van der Waals surface area contributed by atoms with Crippen LogP contribution in [-0.4, -0.2) is 28.1 Å². The van der Waals surface area contributed by atoms with Gasteiger partial charge in [-0.15, -0.1) is 0 Å². The normalized spacial score (nSPS) is 11.6. The molecule has 16 heavy (non-hydrogen) atoms. The number of carbonyl (C=O) groups excluding carboxylic acids is 1. The van der Waals surface area contributed by atoms with E-state index in [4.69, 9.17) is 5.11 Å². The first-order chi connectivity index (χ1) is 7.59. The number of aromatic nitrogens is 1. The number of rotatable bonds is 4. The van der Waals surface area contributed by atoms with Gasteiger partial charge < -0.3 is 15.7 Å². The van der Waals surface area contributed by atoms with Gasteiger partial charge in [0.25, 0.3) is 0 Å². The number of aliphatic carboxylic acids is 1. The third-order valence-electron chi connectivity index (χ3n) is 1.87. The SMILES string of the molecule is C[C@H](NC(=O)NCc1ccccn1)C(=O)O. The molecule has 0 bridgehead atoms. The Morgan fingerprint density at radius 1 is 1.50 bits per heavy atom. The summed E-state index contributed by atoms with van der Waals surface area (Å²) in [6, 6.07) is 3.91. The van der Waals surface area contributed by atoms with E-state index in [0.717, 1.165) is 0 Å². The molecule has 0 spiro atoms. The fourth-order valence-electron chi connectivity index (χ4n) is 0.983. The van der Waals surface area contributed by atoms with E-state index >= 15 is 0 Å². The van der Waals surface area contributed by atoms with Crippen LogP contribution in [0.3, 0.4) is 0 Å². The quantitative estimate of drug-likeness (QED) is 0.687. The van der Waals surface area contributed by atoms with Gasteiger partial charge in [-0.1, -0.05) is 6.07 Å². The number of nitrogens with zero attached hydrogens (tertiary/aromatic N) is 1. The van der Waals surface area contributed by atoms with Crippen LogP contribution >= 0.6 is 0 Å². The molecule has 6 nitrogen and oxygen atoms in total. The first kappa shape index (κ1) is 12.0. The van der Waals surface area contributed by atoms with Gasteiger partial charge in [0.1, 0.15) is 6.04 Å². The number of hydrogen-bond acceptors (Lipinski definition) is 3. The van der Waals surface area contributed by atoms with Crippen molar-refractivity contribution in [1.29, 1.82) is 0 Å². The number of hydrogen-bond donors (Lipinski definition) is 3. The Balaban J connectivity index is 2.33.